The SMILES string of the molecule is CN(CCCCCO)C(=O)C1CCCOC1. The van der Waals surface area contributed by atoms with Crippen molar-refractivity contribution in [3.8, 4) is 0 Å². The van der Waals surface area contributed by atoms with Gasteiger partial charge in [0, 0.05) is 26.8 Å². The van der Waals surface area contributed by atoms with E-state index in [0.717, 1.165) is 45.3 Å². The molecule has 1 aliphatic rings. The minimum absolute atomic E-state index is 0.0663. The van der Waals surface area contributed by atoms with Crippen molar-refractivity contribution in [3.05, 3.63) is 0 Å². The minimum atomic E-state index is 0.0663. The molecule has 1 heterocycles. The molecule has 1 rings (SSSR count). The summed E-state index contributed by atoms with van der Waals surface area (Å²) in [5.74, 6) is 0.278. The molecule has 1 saturated heterocycles. The second kappa shape index (κ2) is 7.63. The third kappa shape index (κ3) is 4.49. The molecule has 1 amide bonds. The Labute approximate surface area is 97.6 Å². The summed E-state index contributed by atoms with van der Waals surface area (Å²) in [6.07, 6.45) is 4.73. The smallest absolute Gasteiger partial charge is 0.227 e. The summed E-state index contributed by atoms with van der Waals surface area (Å²) < 4.78 is 5.32. The first-order chi connectivity index (χ1) is 7.75. The maximum Gasteiger partial charge on any atom is 0.227 e. The lowest BCUT2D eigenvalue weighted by Crippen LogP contribution is -2.37. The molecule has 0 aromatic heterocycles. The number of nitrogens with zero attached hydrogens (tertiary/aromatic N) is 1. The molecule has 1 N–H and O–H groups in total. The largest absolute Gasteiger partial charge is 0.396 e. The van der Waals surface area contributed by atoms with Crippen molar-refractivity contribution in [1.82, 2.24) is 4.90 Å². The highest BCUT2D eigenvalue weighted by atomic mass is 16.5. The van der Waals surface area contributed by atoms with Crippen LogP contribution in [-0.2, 0) is 9.53 Å². The first-order valence-electron chi connectivity index (χ1n) is 6.19. The predicted molar refractivity (Wildman–Crippen MR) is 62.1 cm³/mol. The number of carbonyl (C=O) groups is 1. The zero-order chi connectivity index (χ0) is 11.8. The van der Waals surface area contributed by atoms with Gasteiger partial charge in [0.25, 0.3) is 0 Å². The third-order valence-corrected chi connectivity index (χ3v) is 3.04. The summed E-state index contributed by atoms with van der Waals surface area (Å²) in [4.78, 5) is 13.8. The van der Waals surface area contributed by atoms with E-state index in [1.165, 1.54) is 0 Å². The summed E-state index contributed by atoms with van der Waals surface area (Å²) in [7, 11) is 1.86. The van der Waals surface area contributed by atoms with Crippen molar-refractivity contribution in [3.63, 3.8) is 0 Å². The van der Waals surface area contributed by atoms with Crippen LogP contribution in [0.5, 0.6) is 0 Å². The molecule has 4 heteroatoms. The van der Waals surface area contributed by atoms with Crippen LogP contribution in [0.25, 0.3) is 0 Å². The van der Waals surface area contributed by atoms with Crippen molar-refractivity contribution in [2.24, 2.45) is 5.92 Å². The fraction of sp³-hybridized carbons (Fsp3) is 0.917. The van der Waals surface area contributed by atoms with E-state index in [-0.39, 0.29) is 18.4 Å². The normalized spacial score (nSPS) is 20.8. The molecule has 1 atom stereocenters. The molecule has 1 fully saturated rings. The molecular weight excluding hydrogens is 206 g/mol. The second-order valence-electron chi connectivity index (χ2n) is 4.46. The minimum Gasteiger partial charge on any atom is -0.396 e. The number of amides is 1. The molecule has 0 bridgehead atoms. The average Bonchev–Trinajstić information content (AvgIpc) is 2.34. The molecule has 0 saturated carbocycles. The maximum atomic E-state index is 12.0. The summed E-state index contributed by atoms with van der Waals surface area (Å²) >= 11 is 0. The van der Waals surface area contributed by atoms with Crippen LogP contribution in [0.4, 0.5) is 0 Å². The van der Waals surface area contributed by atoms with Gasteiger partial charge in [0.05, 0.1) is 12.5 Å². The van der Waals surface area contributed by atoms with Crippen LogP contribution in [-0.4, -0.2) is 49.3 Å². The highest BCUT2D eigenvalue weighted by molar-refractivity contribution is 5.78. The molecule has 4 nitrogen and oxygen atoms in total. The van der Waals surface area contributed by atoms with Gasteiger partial charge in [-0.1, -0.05) is 0 Å². The topological polar surface area (TPSA) is 49.8 Å². The van der Waals surface area contributed by atoms with Gasteiger partial charge in [-0.15, -0.1) is 0 Å². The Hall–Kier alpha value is -0.610. The first-order valence-corrected chi connectivity index (χ1v) is 6.19. The molecule has 0 aliphatic carbocycles. The van der Waals surface area contributed by atoms with Crippen molar-refractivity contribution >= 4 is 5.91 Å². The Morgan fingerprint density at radius 3 is 2.88 bits per heavy atom. The van der Waals surface area contributed by atoms with Gasteiger partial charge in [0.2, 0.25) is 5.91 Å². The fourth-order valence-electron chi connectivity index (χ4n) is 1.99. The number of aliphatic hydroxyl groups is 1. The van der Waals surface area contributed by atoms with E-state index in [4.69, 9.17) is 9.84 Å². The Morgan fingerprint density at radius 2 is 2.25 bits per heavy atom. The quantitative estimate of drug-likeness (QED) is 0.692. The van der Waals surface area contributed by atoms with Gasteiger partial charge in [0.1, 0.15) is 0 Å². The summed E-state index contributed by atoms with van der Waals surface area (Å²) in [6.45, 7) is 2.41. The van der Waals surface area contributed by atoms with Crippen LogP contribution >= 0.6 is 0 Å². The molecule has 0 aromatic rings. The predicted octanol–water partition coefficient (Wildman–Crippen LogP) is 1.03. The van der Waals surface area contributed by atoms with E-state index in [9.17, 15) is 4.79 Å². The number of carbonyl (C=O) groups excluding carboxylic acids is 1. The van der Waals surface area contributed by atoms with Gasteiger partial charge in [-0.2, -0.15) is 0 Å². The van der Waals surface area contributed by atoms with E-state index < -0.39 is 0 Å². The summed E-state index contributed by atoms with van der Waals surface area (Å²) in [6, 6.07) is 0. The van der Waals surface area contributed by atoms with Crippen LogP contribution in [0, 0.1) is 5.92 Å². The van der Waals surface area contributed by atoms with Gasteiger partial charge in [-0.3, -0.25) is 4.79 Å². The molecule has 94 valence electrons. The number of unbranched alkanes of at least 4 members (excludes halogenated alkanes) is 2. The molecule has 1 aliphatic heterocycles. The molecule has 1 unspecified atom stereocenters. The van der Waals surface area contributed by atoms with Crippen LogP contribution in [0.3, 0.4) is 0 Å². The zero-order valence-electron chi connectivity index (χ0n) is 10.2. The van der Waals surface area contributed by atoms with Gasteiger partial charge in [-0.05, 0) is 32.1 Å². The highest BCUT2D eigenvalue weighted by Gasteiger charge is 2.24. The van der Waals surface area contributed by atoms with E-state index in [0.29, 0.717) is 6.61 Å². The van der Waals surface area contributed by atoms with Crippen molar-refractivity contribution in [2.75, 3.05) is 33.4 Å². The van der Waals surface area contributed by atoms with E-state index in [2.05, 4.69) is 0 Å². The lowest BCUT2D eigenvalue weighted by Gasteiger charge is -2.26. The van der Waals surface area contributed by atoms with Crippen LogP contribution in [0.2, 0.25) is 0 Å². The second-order valence-corrected chi connectivity index (χ2v) is 4.46. The van der Waals surface area contributed by atoms with Gasteiger partial charge in [0.15, 0.2) is 0 Å². The lowest BCUT2D eigenvalue weighted by molar-refractivity contribution is -0.138. The van der Waals surface area contributed by atoms with Gasteiger partial charge >= 0.3 is 0 Å². The first kappa shape index (κ1) is 13.5. The van der Waals surface area contributed by atoms with Gasteiger partial charge in [-0.25, -0.2) is 0 Å². The number of aliphatic hydroxyl groups excluding tert-OH is 1. The fourth-order valence-corrected chi connectivity index (χ4v) is 1.99. The van der Waals surface area contributed by atoms with Crippen LogP contribution < -0.4 is 0 Å². The summed E-state index contributed by atoms with van der Waals surface area (Å²) in [5, 5.41) is 8.65. The van der Waals surface area contributed by atoms with Crippen molar-refractivity contribution in [1.29, 1.82) is 0 Å². The third-order valence-electron chi connectivity index (χ3n) is 3.04. The maximum absolute atomic E-state index is 12.0. The van der Waals surface area contributed by atoms with E-state index in [1.54, 1.807) is 4.90 Å². The van der Waals surface area contributed by atoms with E-state index in [1.807, 2.05) is 7.05 Å². The number of rotatable bonds is 6. The standard InChI is InChI=1S/C12H23NO3/c1-13(7-3-2-4-8-14)12(15)11-6-5-9-16-10-11/h11,14H,2-10H2,1H3. The number of ether oxygens (including phenoxy) is 1. The monoisotopic (exact) mass is 229 g/mol. The number of hydrogen-bond acceptors (Lipinski definition) is 3. The molecule has 0 radical (unpaired) electrons. The Kier molecular flexibility index (Phi) is 6.42. The molecule has 16 heavy (non-hydrogen) atoms. The van der Waals surface area contributed by atoms with Crippen molar-refractivity contribution in [2.45, 2.75) is 32.1 Å². The Morgan fingerprint density at radius 1 is 1.44 bits per heavy atom. The highest BCUT2D eigenvalue weighted by Crippen LogP contribution is 2.16. The van der Waals surface area contributed by atoms with Crippen molar-refractivity contribution < 1.29 is 14.6 Å². The Bertz CT molecular complexity index is 202. The lowest BCUT2D eigenvalue weighted by atomic mass is 10.0. The molecule has 0 spiro atoms. The average molecular weight is 229 g/mol. The van der Waals surface area contributed by atoms with E-state index >= 15 is 0 Å². The van der Waals surface area contributed by atoms with Gasteiger partial charge < -0.3 is 14.7 Å². The molecule has 0 aromatic carbocycles. The van der Waals surface area contributed by atoms with Crippen LogP contribution in [0.1, 0.15) is 32.1 Å². The molecular formula is C12H23NO3. The Balaban J connectivity index is 2.18. The number of hydrogen-bond donors (Lipinski definition) is 1. The zero-order valence-corrected chi connectivity index (χ0v) is 10.2. The van der Waals surface area contributed by atoms with Crippen LogP contribution in [0.15, 0.2) is 0 Å². The summed E-state index contributed by atoms with van der Waals surface area (Å²) in [5.41, 5.74) is 0.